The second kappa shape index (κ2) is 6.83. The Hall–Kier alpha value is -1.68. The van der Waals surface area contributed by atoms with Gasteiger partial charge in [0, 0.05) is 24.6 Å². The quantitative estimate of drug-likeness (QED) is 0.748. The molecule has 1 aliphatic rings. The van der Waals surface area contributed by atoms with Crippen molar-refractivity contribution >= 4 is 22.9 Å². The zero-order valence-electron chi connectivity index (χ0n) is 14.2. The highest BCUT2D eigenvalue weighted by atomic mass is 32.1. The molecule has 1 aromatic heterocycles. The zero-order valence-corrected chi connectivity index (χ0v) is 15.0. The molecule has 1 unspecified atom stereocenters. The van der Waals surface area contributed by atoms with E-state index in [4.69, 9.17) is 12.2 Å². The fourth-order valence-corrected chi connectivity index (χ4v) is 3.94. The van der Waals surface area contributed by atoms with E-state index in [1.807, 2.05) is 12.5 Å². The van der Waals surface area contributed by atoms with Gasteiger partial charge in [-0.05, 0) is 42.4 Å². The Labute approximate surface area is 144 Å². The fourth-order valence-electron chi connectivity index (χ4n) is 3.55. The maximum atomic E-state index is 5.59. The number of hydrogen-bond donors (Lipinski definition) is 0. The summed E-state index contributed by atoms with van der Waals surface area (Å²) >= 11 is 5.59. The van der Waals surface area contributed by atoms with Gasteiger partial charge in [0.05, 0.1) is 17.4 Å². The summed E-state index contributed by atoms with van der Waals surface area (Å²) in [5.41, 5.74) is 4.09. The lowest BCUT2D eigenvalue weighted by molar-refractivity contribution is 0.436. The number of rotatable bonds is 5. The molecule has 3 rings (SSSR count). The Balaban J connectivity index is 1.91. The summed E-state index contributed by atoms with van der Waals surface area (Å²) in [4.78, 5) is 7.61. The van der Waals surface area contributed by atoms with Crippen LogP contribution in [0, 0.1) is 5.92 Å². The number of fused-ring (bicyclic) bond motifs is 1. The van der Waals surface area contributed by atoms with Crippen LogP contribution in [0.1, 0.15) is 50.8 Å². The third-order valence-corrected chi connectivity index (χ3v) is 5.01. The Morgan fingerprint density at radius 2 is 2.17 bits per heavy atom. The molecule has 4 heteroatoms. The van der Waals surface area contributed by atoms with Crippen LogP contribution in [0.2, 0.25) is 0 Å². The van der Waals surface area contributed by atoms with Gasteiger partial charge >= 0.3 is 0 Å². The van der Waals surface area contributed by atoms with Gasteiger partial charge in [-0.2, -0.15) is 0 Å². The third-order valence-electron chi connectivity index (χ3n) is 4.58. The number of anilines is 1. The van der Waals surface area contributed by atoms with Crippen LogP contribution < -0.4 is 4.90 Å². The fraction of sp³-hybridized carbons (Fsp3) is 0.474. The minimum atomic E-state index is 0.333. The molecule has 0 saturated carbocycles. The van der Waals surface area contributed by atoms with Crippen molar-refractivity contribution in [2.24, 2.45) is 5.92 Å². The first kappa shape index (κ1) is 16.2. The Morgan fingerprint density at radius 3 is 2.83 bits per heavy atom. The van der Waals surface area contributed by atoms with Gasteiger partial charge in [-0.25, -0.2) is 4.98 Å². The molecule has 0 spiro atoms. The average Bonchev–Trinajstić information content (AvgIpc) is 3.16. The summed E-state index contributed by atoms with van der Waals surface area (Å²) in [5, 5.41) is 0. The van der Waals surface area contributed by atoms with Crippen LogP contribution in [0.3, 0.4) is 0 Å². The van der Waals surface area contributed by atoms with Crippen LogP contribution in [-0.2, 0) is 6.42 Å². The summed E-state index contributed by atoms with van der Waals surface area (Å²) < 4.78 is 2.21. The van der Waals surface area contributed by atoms with Crippen LogP contribution >= 0.6 is 12.2 Å². The Kier molecular flexibility index (Phi) is 4.81. The van der Waals surface area contributed by atoms with E-state index in [-0.39, 0.29) is 0 Å². The molecule has 0 N–H and O–H groups in total. The van der Waals surface area contributed by atoms with Gasteiger partial charge in [0.1, 0.15) is 0 Å². The molecule has 1 aliphatic heterocycles. The van der Waals surface area contributed by atoms with Crippen molar-refractivity contribution in [3.8, 4) is 0 Å². The van der Waals surface area contributed by atoms with Gasteiger partial charge in [0.2, 0.25) is 0 Å². The summed E-state index contributed by atoms with van der Waals surface area (Å²) in [6.45, 7) is 7.74. The number of imidazole rings is 1. The second-order valence-electron chi connectivity index (χ2n) is 6.63. The van der Waals surface area contributed by atoms with E-state index in [0.29, 0.717) is 12.0 Å². The van der Waals surface area contributed by atoms with E-state index in [0.717, 1.165) is 30.8 Å². The molecule has 0 amide bonds. The first-order valence-electron chi connectivity index (χ1n) is 8.52. The standard InChI is InChI=1S/C19H25N3S/c1-4-5-18(23)22-10-8-15-12-16(6-7-17(15)22)19(14(2)3)21-11-9-20-13-21/h6-7,9,11-14,19H,4-5,8,10H2,1-3H3. The molecular weight excluding hydrogens is 302 g/mol. The monoisotopic (exact) mass is 327 g/mol. The Morgan fingerprint density at radius 1 is 1.35 bits per heavy atom. The lowest BCUT2D eigenvalue weighted by Crippen LogP contribution is -2.26. The predicted molar refractivity (Wildman–Crippen MR) is 100 cm³/mol. The van der Waals surface area contributed by atoms with Crippen LogP contribution in [0.15, 0.2) is 36.9 Å². The predicted octanol–water partition coefficient (Wildman–Crippen LogP) is 4.62. The molecule has 2 heterocycles. The van der Waals surface area contributed by atoms with Gasteiger partial charge < -0.3 is 9.47 Å². The number of benzene rings is 1. The first-order chi connectivity index (χ1) is 11.1. The summed E-state index contributed by atoms with van der Waals surface area (Å²) in [6, 6.07) is 7.22. The van der Waals surface area contributed by atoms with E-state index in [2.05, 4.69) is 59.6 Å². The normalized spacial score (nSPS) is 15.0. The van der Waals surface area contributed by atoms with Gasteiger partial charge in [0.15, 0.2) is 0 Å². The minimum Gasteiger partial charge on any atom is -0.335 e. The highest BCUT2D eigenvalue weighted by Crippen LogP contribution is 2.34. The average molecular weight is 327 g/mol. The van der Waals surface area contributed by atoms with E-state index < -0.39 is 0 Å². The molecule has 0 aliphatic carbocycles. The third kappa shape index (κ3) is 3.18. The summed E-state index contributed by atoms with van der Waals surface area (Å²) in [7, 11) is 0. The van der Waals surface area contributed by atoms with Gasteiger partial charge in [-0.3, -0.25) is 0 Å². The molecule has 0 saturated heterocycles. The smallest absolute Gasteiger partial charge is 0.0951 e. The van der Waals surface area contributed by atoms with Crippen molar-refractivity contribution in [2.75, 3.05) is 11.4 Å². The van der Waals surface area contributed by atoms with Crippen molar-refractivity contribution in [3.05, 3.63) is 48.0 Å². The van der Waals surface area contributed by atoms with Gasteiger partial charge in [0.25, 0.3) is 0 Å². The van der Waals surface area contributed by atoms with Gasteiger partial charge in [-0.15, -0.1) is 0 Å². The van der Waals surface area contributed by atoms with Crippen LogP contribution in [0.4, 0.5) is 5.69 Å². The molecule has 1 aromatic carbocycles. The molecule has 1 atom stereocenters. The van der Waals surface area contributed by atoms with Crippen molar-refractivity contribution in [1.29, 1.82) is 0 Å². The van der Waals surface area contributed by atoms with Crippen molar-refractivity contribution in [1.82, 2.24) is 9.55 Å². The van der Waals surface area contributed by atoms with Crippen molar-refractivity contribution in [3.63, 3.8) is 0 Å². The molecule has 122 valence electrons. The maximum Gasteiger partial charge on any atom is 0.0951 e. The number of thiocarbonyl (C=S) groups is 1. The van der Waals surface area contributed by atoms with E-state index in [9.17, 15) is 0 Å². The number of aromatic nitrogens is 2. The largest absolute Gasteiger partial charge is 0.335 e. The lowest BCUT2D eigenvalue weighted by Gasteiger charge is -2.24. The minimum absolute atomic E-state index is 0.333. The highest BCUT2D eigenvalue weighted by Gasteiger charge is 2.24. The number of hydrogen-bond acceptors (Lipinski definition) is 2. The SMILES string of the molecule is CCCC(=S)N1CCc2cc(C(C(C)C)n3ccnc3)ccc21. The van der Waals surface area contributed by atoms with Crippen LogP contribution in [-0.4, -0.2) is 21.1 Å². The van der Waals surface area contributed by atoms with Gasteiger partial charge in [-0.1, -0.05) is 45.1 Å². The lowest BCUT2D eigenvalue weighted by atomic mass is 9.94. The first-order valence-corrected chi connectivity index (χ1v) is 8.93. The molecule has 2 aromatic rings. The topological polar surface area (TPSA) is 21.1 Å². The molecule has 0 fully saturated rings. The van der Waals surface area contributed by atoms with E-state index >= 15 is 0 Å². The van der Waals surface area contributed by atoms with Crippen molar-refractivity contribution < 1.29 is 0 Å². The zero-order chi connectivity index (χ0) is 16.4. The van der Waals surface area contributed by atoms with Crippen LogP contribution in [0.5, 0.6) is 0 Å². The van der Waals surface area contributed by atoms with E-state index in [1.54, 1.807) is 0 Å². The number of nitrogens with zero attached hydrogens (tertiary/aromatic N) is 3. The maximum absolute atomic E-state index is 5.59. The molecule has 0 bridgehead atoms. The second-order valence-corrected chi connectivity index (χ2v) is 7.10. The molecule has 23 heavy (non-hydrogen) atoms. The molecule has 3 nitrogen and oxygen atoms in total. The van der Waals surface area contributed by atoms with Crippen LogP contribution in [0.25, 0.3) is 0 Å². The van der Waals surface area contributed by atoms with Crippen molar-refractivity contribution in [2.45, 2.75) is 46.1 Å². The Bertz CT molecular complexity index is 676. The molecule has 0 radical (unpaired) electrons. The van der Waals surface area contributed by atoms with E-state index in [1.165, 1.54) is 16.8 Å². The highest BCUT2D eigenvalue weighted by molar-refractivity contribution is 7.80. The molecular formula is C19H25N3S. The summed E-state index contributed by atoms with van der Waals surface area (Å²) in [5.74, 6) is 0.515. The summed E-state index contributed by atoms with van der Waals surface area (Å²) in [6.07, 6.45) is 9.02.